The van der Waals surface area contributed by atoms with Crippen LogP contribution in [0, 0.1) is 6.92 Å². The highest BCUT2D eigenvalue weighted by Crippen LogP contribution is 2.47. The third-order valence-corrected chi connectivity index (χ3v) is 5.78. The topological polar surface area (TPSA) is 39.7 Å². The van der Waals surface area contributed by atoms with Gasteiger partial charge in [0, 0.05) is 51.0 Å². The van der Waals surface area contributed by atoms with E-state index >= 15 is 0 Å². The Morgan fingerprint density at radius 2 is 1.92 bits per heavy atom. The predicted octanol–water partition coefficient (Wildman–Crippen LogP) is 3.43. The Balaban J connectivity index is 1.63. The molecule has 1 aromatic carbocycles. The fourth-order valence-corrected chi connectivity index (χ4v) is 4.33. The quantitative estimate of drug-likeness (QED) is 0.791. The average Bonchev–Trinajstić information content (AvgIpc) is 2.96. The number of benzene rings is 1. The molecule has 0 bridgehead atoms. The summed E-state index contributed by atoms with van der Waals surface area (Å²) in [7, 11) is 3.65. The molecule has 0 unspecified atom stereocenters. The molecular formula is C21H26N4O. The van der Waals surface area contributed by atoms with Gasteiger partial charge in [-0.05, 0) is 43.5 Å². The van der Waals surface area contributed by atoms with Crippen LogP contribution in [0.2, 0.25) is 0 Å². The maximum Gasteiger partial charge on any atom is 0.323 e. The molecule has 2 amide bonds. The molecule has 5 heteroatoms. The molecule has 0 saturated carbocycles. The zero-order valence-electron chi connectivity index (χ0n) is 15.8. The van der Waals surface area contributed by atoms with Crippen molar-refractivity contribution in [3.05, 3.63) is 53.7 Å². The first-order chi connectivity index (χ1) is 12.5. The van der Waals surface area contributed by atoms with Gasteiger partial charge in [0.05, 0.1) is 0 Å². The standard InChI is InChI=1S/C21H26N4O/c1-16-7-8-18-17(14-16)21(15-25(18)20(26)23(2)3)9-12-24(13-10-21)19-6-4-5-11-22-19/h4-8,11,14H,9-10,12-13,15H2,1-3H3. The van der Waals surface area contributed by atoms with E-state index in [1.807, 2.05) is 37.3 Å². The van der Waals surface area contributed by atoms with Gasteiger partial charge in [-0.15, -0.1) is 0 Å². The van der Waals surface area contributed by atoms with Crippen LogP contribution in [0.25, 0.3) is 0 Å². The second-order valence-electron chi connectivity index (χ2n) is 7.74. The summed E-state index contributed by atoms with van der Waals surface area (Å²) in [5, 5.41) is 0. The number of amides is 2. The summed E-state index contributed by atoms with van der Waals surface area (Å²) in [5.41, 5.74) is 3.74. The number of aryl methyl sites for hydroxylation is 1. The van der Waals surface area contributed by atoms with Crippen LogP contribution in [0.5, 0.6) is 0 Å². The van der Waals surface area contributed by atoms with Crippen LogP contribution in [-0.4, -0.2) is 49.6 Å². The van der Waals surface area contributed by atoms with Crippen molar-refractivity contribution in [3.63, 3.8) is 0 Å². The number of carbonyl (C=O) groups excluding carboxylic acids is 1. The maximum atomic E-state index is 12.7. The molecular weight excluding hydrogens is 324 g/mol. The number of hydrogen-bond acceptors (Lipinski definition) is 3. The second-order valence-corrected chi connectivity index (χ2v) is 7.74. The molecule has 5 nitrogen and oxygen atoms in total. The molecule has 136 valence electrons. The highest BCUT2D eigenvalue weighted by atomic mass is 16.2. The molecule has 1 aromatic heterocycles. The van der Waals surface area contributed by atoms with Crippen molar-refractivity contribution in [1.82, 2.24) is 9.88 Å². The first-order valence-corrected chi connectivity index (χ1v) is 9.26. The van der Waals surface area contributed by atoms with Crippen molar-refractivity contribution in [3.8, 4) is 0 Å². The van der Waals surface area contributed by atoms with Gasteiger partial charge in [-0.1, -0.05) is 23.8 Å². The van der Waals surface area contributed by atoms with Crippen molar-refractivity contribution >= 4 is 17.5 Å². The largest absolute Gasteiger partial charge is 0.357 e. The minimum absolute atomic E-state index is 0.0539. The molecule has 1 fully saturated rings. The van der Waals surface area contributed by atoms with Crippen molar-refractivity contribution in [2.24, 2.45) is 0 Å². The number of hydrogen-bond donors (Lipinski definition) is 0. The Kier molecular flexibility index (Phi) is 4.10. The number of rotatable bonds is 1. The Bertz CT molecular complexity index is 810. The zero-order chi connectivity index (χ0) is 18.3. The zero-order valence-corrected chi connectivity index (χ0v) is 15.8. The lowest BCUT2D eigenvalue weighted by molar-refractivity contribution is 0.222. The smallest absolute Gasteiger partial charge is 0.323 e. The molecule has 1 saturated heterocycles. The van der Waals surface area contributed by atoms with E-state index in [9.17, 15) is 4.79 Å². The van der Waals surface area contributed by atoms with Gasteiger partial charge in [-0.3, -0.25) is 4.90 Å². The molecule has 3 heterocycles. The van der Waals surface area contributed by atoms with Gasteiger partial charge in [0.25, 0.3) is 0 Å². The Hall–Kier alpha value is -2.56. The first kappa shape index (κ1) is 16.9. The summed E-state index contributed by atoms with van der Waals surface area (Å²) in [4.78, 5) is 23.2. The van der Waals surface area contributed by atoms with E-state index in [0.29, 0.717) is 0 Å². The summed E-state index contributed by atoms with van der Waals surface area (Å²) >= 11 is 0. The van der Waals surface area contributed by atoms with Crippen molar-refractivity contribution < 1.29 is 4.79 Å². The number of piperidine rings is 1. The molecule has 2 aromatic rings. The van der Waals surface area contributed by atoms with Gasteiger partial charge in [0.2, 0.25) is 0 Å². The monoisotopic (exact) mass is 350 g/mol. The molecule has 26 heavy (non-hydrogen) atoms. The van der Waals surface area contributed by atoms with Crippen molar-refractivity contribution in [2.75, 3.05) is 43.5 Å². The number of aromatic nitrogens is 1. The van der Waals surface area contributed by atoms with Crippen molar-refractivity contribution in [1.29, 1.82) is 0 Å². The number of carbonyl (C=O) groups is 1. The van der Waals surface area contributed by atoms with Crippen LogP contribution in [-0.2, 0) is 5.41 Å². The number of anilines is 2. The molecule has 0 radical (unpaired) electrons. The van der Waals surface area contributed by atoms with Gasteiger partial charge in [-0.2, -0.15) is 0 Å². The minimum atomic E-state index is 0.0539. The van der Waals surface area contributed by atoms with Crippen LogP contribution in [0.15, 0.2) is 42.6 Å². The molecule has 2 aliphatic rings. The lowest BCUT2D eigenvalue weighted by Crippen LogP contribution is -2.47. The van der Waals surface area contributed by atoms with E-state index in [4.69, 9.17) is 0 Å². The third-order valence-electron chi connectivity index (χ3n) is 5.78. The summed E-state index contributed by atoms with van der Waals surface area (Å²) in [5.74, 6) is 1.05. The third kappa shape index (κ3) is 2.71. The fraction of sp³-hybridized carbons (Fsp3) is 0.429. The number of nitrogens with zero attached hydrogens (tertiary/aromatic N) is 4. The van der Waals surface area contributed by atoms with E-state index in [0.717, 1.165) is 44.0 Å². The maximum absolute atomic E-state index is 12.7. The molecule has 4 rings (SSSR count). The van der Waals surface area contributed by atoms with Gasteiger partial charge in [0.1, 0.15) is 5.82 Å². The van der Waals surface area contributed by atoms with E-state index < -0.39 is 0 Å². The van der Waals surface area contributed by atoms with Crippen LogP contribution >= 0.6 is 0 Å². The highest BCUT2D eigenvalue weighted by Gasteiger charge is 2.46. The molecule has 0 N–H and O–H groups in total. The van der Waals surface area contributed by atoms with E-state index in [2.05, 4.69) is 41.1 Å². The average molecular weight is 350 g/mol. The molecule has 0 aliphatic carbocycles. The van der Waals surface area contributed by atoms with E-state index in [-0.39, 0.29) is 11.4 Å². The first-order valence-electron chi connectivity index (χ1n) is 9.26. The summed E-state index contributed by atoms with van der Waals surface area (Å²) in [6, 6.07) is 12.7. The van der Waals surface area contributed by atoms with Crippen LogP contribution in [0.1, 0.15) is 24.0 Å². The normalized spacial score (nSPS) is 18.1. The Morgan fingerprint density at radius 1 is 1.15 bits per heavy atom. The van der Waals surface area contributed by atoms with Crippen molar-refractivity contribution in [2.45, 2.75) is 25.2 Å². The predicted molar refractivity (Wildman–Crippen MR) is 105 cm³/mol. The summed E-state index contributed by atoms with van der Waals surface area (Å²) < 4.78 is 0. The minimum Gasteiger partial charge on any atom is -0.357 e. The van der Waals surface area contributed by atoms with E-state index in [1.165, 1.54) is 11.1 Å². The van der Waals surface area contributed by atoms with Crippen LogP contribution in [0.3, 0.4) is 0 Å². The van der Waals surface area contributed by atoms with Gasteiger partial charge >= 0.3 is 6.03 Å². The number of fused-ring (bicyclic) bond motifs is 2. The number of pyridine rings is 1. The molecule has 0 atom stereocenters. The Labute approximate surface area is 155 Å². The van der Waals surface area contributed by atoms with Gasteiger partial charge < -0.3 is 9.80 Å². The van der Waals surface area contributed by atoms with Crippen LogP contribution < -0.4 is 9.80 Å². The lowest BCUT2D eigenvalue weighted by Gasteiger charge is -2.40. The fourth-order valence-electron chi connectivity index (χ4n) is 4.33. The second kappa shape index (κ2) is 6.31. The summed E-state index contributed by atoms with van der Waals surface area (Å²) in [6.07, 6.45) is 3.93. The van der Waals surface area contributed by atoms with Crippen LogP contribution in [0.4, 0.5) is 16.3 Å². The SMILES string of the molecule is Cc1ccc2c(c1)C1(CCN(c3ccccn3)CC1)CN2C(=O)N(C)C. The van der Waals surface area contributed by atoms with Gasteiger partial charge in [0.15, 0.2) is 0 Å². The summed E-state index contributed by atoms with van der Waals surface area (Å²) in [6.45, 7) is 4.84. The number of urea groups is 1. The molecule has 2 aliphatic heterocycles. The Morgan fingerprint density at radius 3 is 2.58 bits per heavy atom. The highest BCUT2D eigenvalue weighted by molar-refractivity contribution is 5.95. The lowest BCUT2D eigenvalue weighted by atomic mass is 9.74. The van der Waals surface area contributed by atoms with E-state index in [1.54, 1.807) is 4.90 Å². The van der Waals surface area contributed by atoms with Gasteiger partial charge in [-0.25, -0.2) is 9.78 Å². The molecule has 1 spiro atoms.